The number of halogens is 1. The van der Waals surface area contributed by atoms with Gasteiger partial charge in [0.1, 0.15) is 17.2 Å². The van der Waals surface area contributed by atoms with Crippen LogP contribution in [0.15, 0.2) is 89.6 Å². The predicted octanol–water partition coefficient (Wildman–Crippen LogP) is 9.07. The van der Waals surface area contributed by atoms with Crippen LogP contribution < -0.4 is 29.7 Å². The summed E-state index contributed by atoms with van der Waals surface area (Å²) in [7, 11) is -4.63. The van der Waals surface area contributed by atoms with E-state index in [9.17, 15) is 28.1 Å². The second kappa shape index (κ2) is 20.4. The average molecular weight is 945 g/mol. The number of piperazine rings is 1. The molecule has 3 heterocycles. The molecule has 3 aromatic carbocycles. The number of pyridine rings is 1. The van der Waals surface area contributed by atoms with Gasteiger partial charge >= 0.3 is 6.09 Å². The van der Waals surface area contributed by atoms with Crippen LogP contribution >= 0.6 is 11.6 Å². The smallest absolute Gasteiger partial charge is 0.413 e. The van der Waals surface area contributed by atoms with Crippen LogP contribution in [0.3, 0.4) is 0 Å². The maximum Gasteiger partial charge on any atom is 0.413 e. The number of rotatable bonds is 14. The van der Waals surface area contributed by atoms with Crippen molar-refractivity contribution in [3.8, 4) is 17.2 Å². The lowest BCUT2D eigenvalue weighted by Gasteiger charge is -2.39. The summed E-state index contributed by atoms with van der Waals surface area (Å²) in [6, 6.07) is 17.9. The van der Waals surface area contributed by atoms with Crippen molar-refractivity contribution in [1.82, 2.24) is 19.9 Å². The predicted molar refractivity (Wildman–Crippen MR) is 254 cm³/mol. The molecule has 16 nitrogen and oxygen atoms in total. The Morgan fingerprint density at radius 3 is 2.38 bits per heavy atom. The van der Waals surface area contributed by atoms with E-state index in [2.05, 4.69) is 56.1 Å². The number of hydrogen-bond donors (Lipinski definition) is 3. The second-order valence-corrected chi connectivity index (χ2v) is 21.0. The molecule has 7 rings (SSSR count). The molecule has 3 aliphatic rings. The first-order valence-electron chi connectivity index (χ1n) is 22.2. The van der Waals surface area contributed by atoms with Crippen LogP contribution in [0, 0.1) is 21.4 Å². The van der Waals surface area contributed by atoms with Gasteiger partial charge in [0.05, 0.1) is 27.8 Å². The molecule has 0 saturated carbocycles. The Hall–Kier alpha value is -5.75. The van der Waals surface area contributed by atoms with Gasteiger partial charge in [0, 0.05) is 86.9 Å². The number of benzene rings is 3. The topological polar surface area (TPSA) is 195 Å². The number of nitro groups is 1. The summed E-state index contributed by atoms with van der Waals surface area (Å²) in [5.74, 6) is -0.606. The van der Waals surface area contributed by atoms with Gasteiger partial charge in [-0.25, -0.2) is 17.9 Å². The van der Waals surface area contributed by atoms with E-state index in [-0.39, 0.29) is 39.8 Å². The van der Waals surface area contributed by atoms with Gasteiger partial charge in [-0.05, 0) is 112 Å². The molecule has 0 atom stereocenters. The molecule has 0 unspecified atom stereocenters. The number of sulfonamides is 1. The van der Waals surface area contributed by atoms with Gasteiger partial charge in [-0.1, -0.05) is 43.2 Å². The molecule has 2 aliphatic heterocycles. The van der Waals surface area contributed by atoms with Crippen LogP contribution in [-0.2, 0) is 14.8 Å². The monoisotopic (exact) mass is 943 g/mol. The fourth-order valence-electron chi connectivity index (χ4n) is 8.37. The molecule has 66 heavy (non-hydrogen) atoms. The largest absolute Gasteiger partial charge is 0.455 e. The van der Waals surface area contributed by atoms with Gasteiger partial charge in [-0.2, -0.15) is 0 Å². The Balaban J connectivity index is 1.11. The minimum absolute atomic E-state index is 0.00180. The number of hydrogen-bond acceptors (Lipinski definition) is 13. The minimum Gasteiger partial charge on any atom is -0.455 e. The van der Waals surface area contributed by atoms with Gasteiger partial charge in [-0.15, -0.1) is 0 Å². The number of nitro benzene ring substituents is 1. The molecule has 2 amide bonds. The third-order valence-electron chi connectivity index (χ3n) is 12.0. The third kappa shape index (κ3) is 12.8. The average Bonchev–Trinajstić information content (AvgIpc) is 3.26. The number of allylic oxidation sites excluding steroid dienone is 1. The van der Waals surface area contributed by atoms with E-state index in [4.69, 9.17) is 25.8 Å². The summed E-state index contributed by atoms with van der Waals surface area (Å²) in [5, 5.41) is 18.6. The summed E-state index contributed by atoms with van der Waals surface area (Å²) >= 11 is 6.24. The van der Waals surface area contributed by atoms with Gasteiger partial charge in [0.2, 0.25) is 0 Å². The van der Waals surface area contributed by atoms with Crippen molar-refractivity contribution in [2.75, 3.05) is 62.7 Å². The van der Waals surface area contributed by atoms with Gasteiger partial charge in [-0.3, -0.25) is 24.8 Å². The van der Waals surface area contributed by atoms with Crippen molar-refractivity contribution in [2.45, 2.75) is 77.2 Å². The number of carbonyl (C=O) groups excluding carboxylic acids is 2. The molecule has 4 aromatic rings. The first-order chi connectivity index (χ1) is 31.3. The summed E-state index contributed by atoms with van der Waals surface area (Å²) in [4.78, 5) is 46.4. The van der Waals surface area contributed by atoms with E-state index in [1.165, 1.54) is 53.4 Å². The maximum atomic E-state index is 14.0. The lowest BCUT2D eigenvalue weighted by molar-refractivity contribution is -0.384. The Labute approximate surface area is 391 Å². The molecule has 0 spiro atoms. The highest BCUT2D eigenvalue weighted by Gasteiger charge is 2.31. The fraction of sp³-hybridized carbons (Fsp3) is 0.438. The Morgan fingerprint density at radius 1 is 0.970 bits per heavy atom. The number of nitrogens with one attached hydrogen (secondary N) is 3. The quantitative estimate of drug-likeness (QED) is 0.0801. The zero-order chi connectivity index (χ0) is 47.2. The molecule has 352 valence electrons. The molecule has 3 N–H and O–H groups in total. The van der Waals surface area contributed by atoms with Crippen LogP contribution in [0.1, 0.15) is 82.6 Å². The van der Waals surface area contributed by atoms with Crippen molar-refractivity contribution < 1.29 is 37.1 Å². The number of aromatic nitrogens is 1. The molecule has 2 fully saturated rings. The maximum absolute atomic E-state index is 14.0. The molecule has 0 radical (unpaired) electrons. The van der Waals surface area contributed by atoms with E-state index in [0.29, 0.717) is 37.9 Å². The van der Waals surface area contributed by atoms with E-state index in [0.717, 1.165) is 63.5 Å². The molecule has 18 heteroatoms. The minimum atomic E-state index is -4.63. The number of amides is 2. The first kappa shape index (κ1) is 48.2. The standard InChI is InChI=1S/C48H58ClN7O9S/c1-47(2,3)52-46(58)65-38-25-37(29-50-30-38)64-44-24-36(55-20-18-54(19-21-55)31-34-14-17-48(4,5)27-41(34)33-6-8-35(49)9-7-33)10-12-40(44)45(57)53-66(61,62)39-11-13-42(43(26-39)56(59)60)51-28-32-15-22-63-23-16-32/h6-13,24-26,29-30,32,51H,14-23,27-28,31H2,1-5H3,(H,52,58)(H,53,57). The SMILES string of the molecule is CC1(C)CCC(CN2CCN(c3ccc(C(=O)NS(=O)(=O)c4ccc(NCC5CCOCC5)c([N+](=O)[O-])c4)c(Oc4cncc(OC(=O)NC(C)(C)C)c4)c3)CC2)=C(c2ccc(Cl)cc2)C1. The molecule has 1 aliphatic carbocycles. The number of ether oxygens (including phenoxy) is 3. The summed E-state index contributed by atoms with van der Waals surface area (Å²) in [6.07, 6.45) is 6.72. The van der Waals surface area contributed by atoms with E-state index in [1.807, 2.05) is 32.9 Å². The van der Waals surface area contributed by atoms with Crippen molar-refractivity contribution in [3.05, 3.63) is 111 Å². The van der Waals surface area contributed by atoms with Crippen molar-refractivity contribution in [2.24, 2.45) is 11.3 Å². The van der Waals surface area contributed by atoms with Crippen LogP contribution in [0.2, 0.25) is 5.02 Å². The summed E-state index contributed by atoms with van der Waals surface area (Å²) in [6.45, 7) is 15.5. The molecular formula is C48H58ClN7O9S. The number of anilines is 2. The molecule has 2 saturated heterocycles. The van der Waals surface area contributed by atoms with Crippen LogP contribution in [-0.4, -0.2) is 93.2 Å². The highest BCUT2D eigenvalue weighted by Crippen LogP contribution is 2.43. The normalized spacial score (nSPS) is 17.2. The second-order valence-electron chi connectivity index (χ2n) is 18.9. The molecule has 1 aromatic heterocycles. The highest BCUT2D eigenvalue weighted by atomic mass is 35.5. The van der Waals surface area contributed by atoms with Crippen molar-refractivity contribution in [1.29, 1.82) is 0 Å². The van der Waals surface area contributed by atoms with E-state index < -0.39 is 43.1 Å². The van der Waals surface area contributed by atoms with Gasteiger partial charge < -0.3 is 29.7 Å². The van der Waals surface area contributed by atoms with Crippen LogP contribution in [0.5, 0.6) is 17.2 Å². The van der Waals surface area contributed by atoms with Crippen molar-refractivity contribution >= 4 is 56.3 Å². The van der Waals surface area contributed by atoms with Crippen LogP contribution in [0.25, 0.3) is 5.57 Å². The van der Waals surface area contributed by atoms with Gasteiger partial charge in [0.25, 0.3) is 21.6 Å². The van der Waals surface area contributed by atoms with E-state index >= 15 is 0 Å². The van der Waals surface area contributed by atoms with Gasteiger partial charge in [0.15, 0.2) is 5.75 Å². The number of carbonyl (C=O) groups is 2. The van der Waals surface area contributed by atoms with Crippen molar-refractivity contribution in [3.63, 3.8) is 0 Å². The lowest BCUT2D eigenvalue weighted by atomic mass is 9.72. The Morgan fingerprint density at radius 2 is 1.68 bits per heavy atom. The molecular weight excluding hydrogens is 886 g/mol. The lowest BCUT2D eigenvalue weighted by Crippen LogP contribution is -2.47. The Kier molecular flexibility index (Phi) is 14.9. The van der Waals surface area contributed by atoms with Crippen LogP contribution in [0.4, 0.5) is 21.9 Å². The summed E-state index contributed by atoms with van der Waals surface area (Å²) in [5.41, 5.74) is 3.98. The third-order valence-corrected chi connectivity index (χ3v) is 13.5. The zero-order valence-corrected chi connectivity index (χ0v) is 39.6. The summed E-state index contributed by atoms with van der Waals surface area (Å²) < 4.78 is 46.7. The first-order valence-corrected chi connectivity index (χ1v) is 24.1. The highest BCUT2D eigenvalue weighted by molar-refractivity contribution is 7.90. The fourth-order valence-corrected chi connectivity index (χ4v) is 9.49. The molecule has 0 bridgehead atoms. The van der Waals surface area contributed by atoms with E-state index in [1.54, 1.807) is 12.1 Å². The Bertz CT molecular complexity index is 2570. The number of nitrogens with zero attached hydrogens (tertiary/aromatic N) is 4. The zero-order valence-electron chi connectivity index (χ0n) is 38.0.